The fraction of sp³-hybridized carbons (Fsp3) is 0.667. The molecule has 0 heterocycles. The van der Waals surface area contributed by atoms with Crippen LogP contribution in [0.2, 0.25) is 5.02 Å². The molecule has 1 nitrogen and oxygen atoms in total. The van der Waals surface area contributed by atoms with Gasteiger partial charge in [-0.15, -0.1) is 0 Å². The Bertz CT molecular complexity index is 516. The molecule has 0 amide bonds. The molecule has 3 heteroatoms. The molecule has 1 N–H and O–H groups in total. The smallest absolute Gasteiger partial charge is 0.127 e. The summed E-state index contributed by atoms with van der Waals surface area (Å²) in [6.45, 7) is 5.38. The Morgan fingerprint density at radius 2 is 2.19 bits per heavy atom. The predicted molar refractivity (Wildman–Crippen MR) is 86.1 cm³/mol. The molecule has 2 saturated carbocycles. The normalized spacial score (nSPS) is 31.3. The zero-order valence-corrected chi connectivity index (χ0v) is 13.7. The second-order valence-corrected chi connectivity index (χ2v) is 7.83. The van der Waals surface area contributed by atoms with Crippen LogP contribution in [0.15, 0.2) is 18.2 Å². The third-order valence-electron chi connectivity index (χ3n) is 5.52. The van der Waals surface area contributed by atoms with Crippen LogP contribution in [0.3, 0.4) is 0 Å². The van der Waals surface area contributed by atoms with Crippen LogP contribution in [0.25, 0.3) is 0 Å². The van der Waals surface area contributed by atoms with Crippen LogP contribution in [0.1, 0.15) is 45.1 Å². The number of fused-ring (bicyclic) bond motifs is 2. The van der Waals surface area contributed by atoms with Gasteiger partial charge in [-0.25, -0.2) is 4.39 Å². The highest BCUT2D eigenvalue weighted by Gasteiger charge is 2.50. The zero-order chi connectivity index (χ0) is 15.0. The number of benzene rings is 1. The van der Waals surface area contributed by atoms with Crippen molar-refractivity contribution in [3.05, 3.63) is 34.6 Å². The van der Waals surface area contributed by atoms with Crippen molar-refractivity contribution in [3.8, 4) is 0 Å². The van der Waals surface area contributed by atoms with E-state index in [4.69, 9.17) is 11.6 Å². The SMILES string of the molecule is CC(C)NCC1(Cc2ccc(Cl)cc2F)CC2CCC1C2. The van der Waals surface area contributed by atoms with Gasteiger partial charge in [-0.05, 0) is 60.6 Å². The van der Waals surface area contributed by atoms with E-state index in [1.807, 2.05) is 12.1 Å². The van der Waals surface area contributed by atoms with E-state index in [-0.39, 0.29) is 11.2 Å². The maximum absolute atomic E-state index is 14.2. The number of hydrogen-bond acceptors (Lipinski definition) is 1. The molecule has 0 aliphatic heterocycles. The summed E-state index contributed by atoms with van der Waals surface area (Å²) in [6, 6.07) is 5.63. The van der Waals surface area contributed by atoms with E-state index in [0.717, 1.165) is 30.4 Å². The van der Waals surface area contributed by atoms with Gasteiger partial charge >= 0.3 is 0 Å². The van der Waals surface area contributed by atoms with E-state index in [1.54, 1.807) is 0 Å². The van der Waals surface area contributed by atoms with E-state index < -0.39 is 0 Å². The summed E-state index contributed by atoms with van der Waals surface area (Å²) in [6.07, 6.45) is 6.13. The summed E-state index contributed by atoms with van der Waals surface area (Å²) < 4.78 is 14.2. The molecule has 116 valence electrons. The molecule has 0 aromatic heterocycles. The van der Waals surface area contributed by atoms with Crippen molar-refractivity contribution in [2.45, 2.75) is 52.0 Å². The van der Waals surface area contributed by atoms with Crippen LogP contribution < -0.4 is 5.32 Å². The molecule has 3 unspecified atom stereocenters. The van der Waals surface area contributed by atoms with Crippen LogP contribution >= 0.6 is 11.6 Å². The van der Waals surface area contributed by atoms with Gasteiger partial charge in [0.2, 0.25) is 0 Å². The van der Waals surface area contributed by atoms with Crippen molar-refractivity contribution in [2.24, 2.45) is 17.3 Å². The van der Waals surface area contributed by atoms with Crippen LogP contribution in [0, 0.1) is 23.1 Å². The highest BCUT2D eigenvalue weighted by Crippen LogP contribution is 2.57. The van der Waals surface area contributed by atoms with Gasteiger partial charge < -0.3 is 5.32 Å². The second-order valence-electron chi connectivity index (χ2n) is 7.39. The lowest BCUT2D eigenvalue weighted by Gasteiger charge is -2.39. The lowest BCUT2D eigenvalue weighted by atomic mass is 9.69. The second kappa shape index (κ2) is 5.89. The summed E-state index contributed by atoms with van der Waals surface area (Å²) in [7, 11) is 0. The maximum Gasteiger partial charge on any atom is 0.127 e. The molecule has 2 aliphatic rings. The average molecular weight is 310 g/mol. The lowest BCUT2D eigenvalue weighted by Crippen LogP contribution is -2.42. The summed E-state index contributed by atoms with van der Waals surface area (Å²) >= 11 is 5.88. The van der Waals surface area contributed by atoms with E-state index in [2.05, 4.69) is 19.2 Å². The van der Waals surface area contributed by atoms with Crippen LogP contribution in [0.5, 0.6) is 0 Å². The van der Waals surface area contributed by atoms with Crippen molar-refractivity contribution >= 4 is 11.6 Å². The third-order valence-corrected chi connectivity index (χ3v) is 5.76. The quantitative estimate of drug-likeness (QED) is 0.821. The first-order chi connectivity index (χ1) is 9.98. The molecule has 3 rings (SSSR count). The highest BCUT2D eigenvalue weighted by atomic mass is 35.5. The molecule has 21 heavy (non-hydrogen) atoms. The van der Waals surface area contributed by atoms with Gasteiger partial charge in [0.1, 0.15) is 5.82 Å². The summed E-state index contributed by atoms with van der Waals surface area (Å²) in [5.74, 6) is 1.47. The standard InChI is InChI=1S/C18H25ClFN/c1-12(2)21-11-18(9-13-3-5-15(18)7-13)10-14-4-6-16(19)8-17(14)20/h4,6,8,12-13,15,21H,3,5,7,9-11H2,1-2H3. The van der Waals surface area contributed by atoms with Crippen LogP contribution in [-0.2, 0) is 6.42 Å². The monoisotopic (exact) mass is 309 g/mol. The van der Waals surface area contributed by atoms with Crippen molar-refractivity contribution in [3.63, 3.8) is 0 Å². The fourth-order valence-corrected chi connectivity index (χ4v) is 4.66. The summed E-state index contributed by atoms with van der Waals surface area (Å²) in [5, 5.41) is 4.10. The molecule has 1 aromatic carbocycles. The number of halogens is 2. The molecule has 1 aromatic rings. The Balaban J connectivity index is 1.82. The van der Waals surface area contributed by atoms with Gasteiger partial charge in [-0.1, -0.05) is 37.9 Å². The van der Waals surface area contributed by atoms with Gasteiger partial charge in [0.05, 0.1) is 0 Å². The van der Waals surface area contributed by atoms with Crippen LogP contribution in [0.4, 0.5) is 4.39 Å². The Labute approximate surface area is 132 Å². The summed E-state index contributed by atoms with van der Waals surface area (Å²) in [4.78, 5) is 0. The molecular formula is C18H25ClFN. The van der Waals surface area contributed by atoms with Gasteiger partial charge in [0.25, 0.3) is 0 Å². The van der Waals surface area contributed by atoms with E-state index in [1.165, 1.54) is 31.7 Å². The first kappa shape index (κ1) is 15.3. The highest BCUT2D eigenvalue weighted by molar-refractivity contribution is 6.30. The molecular weight excluding hydrogens is 285 g/mol. The molecule has 2 aliphatic carbocycles. The molecule has 0 spiro atoms. The molecule has 2 bridgehead atoms. The molecule has 2 fully saturated rings. The average Bonchev–Trinajstić information content (AvgIpc) is 3.01. The molecule has 0 saturated heterocycles. The minimum Gasteiger partial charge on any atom is -0.314 e. The van der Waals surface area contributed by atoms with Crippen LogP contribution in [-0.4, -0.2) is 12.6 Å². The third kappa shape index (κ3) is 3.12. The van der Waals surface area contributed by atoms with Crippen molar-refractivity contribution < 1.29 is 4.39 Å². The minimum absolute atomic E-state index is 0.144. The fourth-order valence-electron chi connectivity index (χ4n) is 4.51. The van der Waals surface area contributed by atoms with E-state index >= 15 is 0 Å². The largest absolute Gasteiger partial charge is 0.314 e. The topological polar surface area (TPSA) is 12.0 Å². The first-order valence-corrected chi connectivity index (χ1v) is 8.54. The van der Waals surface area contributed by atoms with E-state index in [0.29, 0.717) is 11.1 Å². The van der Waals surface area contributed by atoms with E-state index in [9.17, 15) is 4.39 Å². The zero-order valence-electron chi connectivity index (χ0n) is 13.0. The summed E-state index contributed by atoms with van der Waals surface area (Å²) in [5.41, 5.74) is 1.07. The maximum atomic E-state index is 14.2. The number of rotatable bonds is 5. The Kier molecular flexibility index (Phi) is 4.29. The van der Waals surface area contributed by atoms with Gasteiger partial charge in [-0.2, -0.15) is 0 Å². The van der Waals surface area contributed by atoms with Crippen molar-refractivity contribution in [2.75, 3.05) is 6.54 Å². The van der Waals surface area contributed by atoms with Crippen molar-refractivity contribution in [1.29, 1.82) is 0 Å². The number of hydrogen-bond donors (Lipinski definition) is 1. The minimum atomic E-state index is -0.144. The Morgan fingerprint density at radius 1 is 1.38 bits per heavy atom. The van der Waals surface area contributed by atoms with Gasteiger partial charge in [0, 0.05) is 17.6 Å². The van der Waals surface area contributed by atoms with Gasteiger partial charge in [0.15, 0.2) is 0 Å². The number of nitrogens with one attached hydrogen (secondary N) is 1. The molecule has 3 atom stereocenters. The Hall–Kier alpha value is -0.600. The Morgan fingerprint density at radius 3 is 2.76 bits per heavy atom. The lowest BCUT2D eigenvalue weighted by molar-refractivity contribution is 0.151. The first-order valence-electron chi connectivity index (χ1n) is 8.16. The van der Waals surface area contributed by atoms with Crippen molar-refractivity contribution in [1.82, 2.24) is 5.32 Å². The molecule has 0 radical (unpaired) electrons. The van der Waals surface area contributed by atoms with Gasteiger partial charge in [-0.3, -0.25) is 0 Å². The predicted octanol–water partition coefficient (Wildman–Crippen LogP) is 4.83.